The van der Waals surface area contributed by atoms with Crippen LogP contribution in [0, 0.1) is 0 Å². The van der Waals surface area contributed by atoms with E-state index in [0.29, 0.717) is 19.3 Å². The van der Waals surface area contributed by atoms with Crippen LogP contribution in [-0.4, -0.2) is 53.6 Å². The van der Waals surface area contributed by atoms with E-state index in [2.05, 4.69) is 5.10 Å². The van der Waals surface area contributed by atoms with Gasteiger partial charge in [-0.05, 0) is 25.3 Å². The van der Waals surface area contributed by atoms with Crippen molar-refractivity contribution < 1.29 is 13.2 Å². The minimum atomic E-state index is -2.90. The summed E-state index contributed by atoms with van der Waals surface area (Å²) in [6.07, 6.45) is 5.16. The van der Waals surface area contributed by atoms with Crippen molar-refractivity contribution in [2.75, 3.05) is 18.6 Å². The molecule has 1 atom stereocenters. The number of sulfone groups is 1. The van der Waals surface area contributed by atoms with Crippen LogP contribution in [0.2, 0.25) is 0 Å². The molecular weight excluding hydrogens is 278 g/mol. The van der Waals surface area contributed by atoms with Crippen LogP contribution < -0.4 is 0 Å². The zero-order valence-electron chi connectivity index (χ0n) is 11.9. The number of carbonyl (C=O) groups excluding carboxylic acids is 1. The molecular formula is C13H21N3O3S. The predicted octanol–water partition coefficient (Wildman–Crippen LogP) is 0.870. The van der Waals surface area contributed by atoms with Gasteiger partial charge in [-0.15, -0.1) is 0 Å². The van der Waals surface area contributed by atoms with Crippen molar-refractivity contribution in [1.82, 2.24) is 14.7 Å². The third-order valence-corrected chi connectivity index (χ3v) is 5.65. The average molecular weight is 299 g/mol. The first kappa shape index (κ1) is 15.0. The van der Waals surface area contributed by atoms with Crippen LogP contribution in [0.25, 0.3) is 0 Å². The first-order chi connectivity index (χ1) is 9.44. The Hall–Kier alpha value is -1.37. The van der Waals surface area contributed by atoms with Crippen LogP contribution in [0.4, 0.5) is 0 Å². The summed E-state index contributed by atoms with van der Waals surface area (Å²) in [7, 11) is -1.14. The normalized spacial score (nSPS) is 20.5. The van der Waals surface area contributed by atoms with Gasteiger partial charge < -0.3 is 4.90 Å². The molecule has 1 aliphatic rings. The zero-order valence-corrected chi connectivity index (χ0v) is 12.7. The number of carbonyl (C=O) groups is 1. The zero-order chi connectivity index (χ0) is 14.8. The summed E-state index contributed by atoms with van der Waals surface area (Å²) in [4.78, 5) is 14.2. The molecule has 7 heteroatoms. The fraction of sp³-hybridized carbons (Fsp3) is 0.692. The topological polar surface area (TPSA) is 72.3 Å². The van der Waals surface area contributed by atoms with E-state index in [9.17, 15) is 13.2 Å². The van der Waals surface area contributed by atoms with Crippen LogP contribution in [0.1, 0.15) is 32.2 Å². The molecule has 112 valence electrons. The molecule has 2 rings (SSSR count). The quantitative estimate of drug-likeness (QED) is 0.827. The molecule has 1 fully saturated rings. The van der Waals surface area contributed by atoms with Crippen LogP contribution in [0.3, 0.4) is 0 Å². The summed E-state index contributed by atoms with van der Waals surface area (Å²) in [5.41, 5.74) is 0. The van der Waals surface area contributed by atoms with Crippen LogP contribution in [0.15, 0.2) is 18.5 Å². The van der Waals surface area contributed by atoms with E-state index in [1.165, 1.54) is 0 Å². The number of nitrogens with zero attached hydrogens (tertiary/aromatic N) is 3. The molecule has 0 bridgehead atoms. The van der Waals surface area contributed by atoms with Gasteiger partial charge in [-0.2, -0.15) is 5.10 Å². The summed E-state index contributed by atoms with van der Waals surface area (Å²) >= 11 is 0. The third-order valence-electron chi connectivity index (χ3n) is 3.94. The van der Waals surface area contributed by atoms with Crippen molar-refractivity contribution in [3.8, 4) is 0 Å². The molecule has 1 amide bonds. The molecule has 0 radical (unpaired) electrons. The first-order valence-electron chi connectivity index (χ1n) is 6.91. The van der Waals surface area contributed by atoms with E-state index in [4.69, 9.17) is 0 Å². The van der Waals surface area contributed by atoms with Crippen LogP contribution in [0.5, 0.6) is 0 Å². The van der Waals surface area contributed by atoms with Crippen molar-refractivity contribution in [2.24, 2.45) is 0 Å². The van der Waals surface area contributed by atoms with Crippen LogP contribution >= 0.6 is 0 Å². The highest BCUT2D eigenvalue weighted by Gasteiger charge is 2.31. The Morgan fingerprint density at radius 2 is 2.10 bits per heavy atom. The molecule has 1 saturated heterocycles. The molecule has 0 spiro atoms. The third kappa shape index (κ3) is 3.20. The maximum atomic E-state index is 12.5. The monoisotopic (exact) mass is 299 g/mol. The Bertz CT molecular complexity index is 539. The Balaban J connectivity index is 2.05. The Labute approximate surface area is 119 Å². The minimum absolute atomic E-state index is 0.000461. The molecule has 1 aromatic heterocycles. The predicted molar refractivity (Wildman–Crippen MR) is 76.0 cm³/mol. The minimum Gasteiger partial charge on any atom is -0.341 e. The van der Waals surface area contributed by atoms with Gasteiger partial charge in [0.2, 0.25) is 5.91 Å². The number of hydrogen-bond donors (Lipinski definition) is 0. The van der Waals surface area contributed by atoms with E-state index >= 15 is 0 Å². The number of amides is 1. The maximum Gasteiger partial charge on any atom is 0.247 e. The van der Waals surface area contributed by atoms with E-state index in [1.54, 1.807) is 35.1 Å². The molecule has 1 aromatic rings. The molecule has 0 aromatic carbocycles. The summed E-state index contributed by atoms with van der Waals surface area (Å²) < 4.78 is 24.6. The largest absolute Gasteiger partial charge is 0.341 e. The Kier molecular flexibility index (Phi) is 4.47. The maximum absolute atomic E-state index is 12.5. The first-order valence-corrected chi connectivity index (χ1v) is 8.73. The molecule has 1 aliphatic heterocycles. The number of rotatable bonds is 4. The lowest BCUT2D eigenvalue weighted by Gasteiger charge is -2.33. The van der Waals surface area contributed by atoms with Crippen molar-refractivity contribution in [3.63, 3.8) is 0 Å². The fourth-order valence-corrected chi connectivity index (χ4v) is 4.09. The number of hydrogen-bond acceptors (Lipinski definition) is 4. The van der Waals surface area contributed by atoms with E-state index in [1.807, 2.05) is 6.92 Å². The molecule has 0 aliphatic carbocycles. The van der Waals surface area contributed by atoms with E-state index < -0.39 is 9.84 Å². The van der Waals surface area contributed by atoms with Gasteiger partial charge in [-0.25, -0.2) is 8.42 Å². The summed E-state index contributed by atoms with van der Waals surface area (Å²) in [6, 6.07) is 1.49. The number of likely N-dealkylation sites (N-methyl/N-ethyl adjacent to an activating group) is 1. The van der Waals surface area contributed by atoms with Crippen molar-refractivity contribution in [1.29, 1.82) is 0 Å². The Morgan fingerprint density at radius 3 is 2.60 bits per heavy atom. The van der Waals surface area contributed by atoms with Gasteiger partial charge in [0, 0.05) is 25.5 Å². The summed E-state index contributed by atoms with van der Waals surface area (Å²) in [6.45, 7) is 1.95. The highest BCUT2D eigenvalue weighted by Crippen LogP contribution is 2.21. The second kappa shape index (κ2) is 5.95. The van der Waals surface area contributed by atoms with Gasteiger partial charge in [0.15, 0.2) is 0 Å². The van der Waals surface area contributed by atoms with Crippen LogP contribution in [-0.2, 0) is 14.6 Å². The highest BCUT2D eigenvalue weighted by atomic mass is 32.2. The second-order valence-corrected chi connectivity index (χ2v) is 7.55. The molecule has 2 heterocycles. The van der Waals surface area contributed by atoms with E-state index in [0.717, 1.165) is 0 Å². The molecule has 0 unspecified atom stereocenters. The molecule has 20 heavy (non-hydrogen) atoms. The van der Waals surface area contributed by atoms with Gasteiger partial charge in [-0.3, -0.25) is 9.48 Å². The van der Waals surface area contributed by atoms with Gasteiger partial charge in [0.1, 0.15) is 15.9 Å². The van der Waals surface area contributed by atoms with Crippen molar-refractivity contribution in [2.45, 2.75) is 38.3 Å². The highest BCUT2D eigenvalue weighted by molar-refractivity contribution is 7.91. The van der Waals surface area contributed by atoms with Crippen molar-refractivity contribution in [3.05, 3.63) is 18.5 Å². The van der Waals surface area contributed by atoms with Gasteiger partial charge >= 0.3 is 0 Å². The SMILES string of the molecule is CC[C@@H](C(=O)N(C)C1CCS(=O)(=O)CC1)n1cccn1. The summed E-state index contributed by atoms with van der Waals surface area (Å²) in [5.74, 6) is 0.349. The van der Waals surface area contributed by atoms with E-state index in [-0.39, 0.29) is 29.5 Å². The second-order valence-electron chi connectivity index (χ2n) is 5.24. The number of aromatic nitrogens is 2. The molecule has 0 saturated carbocycles. The lowest BCUT2D eigenvalue weighted by Crippen LogP contribution is -2.45. The van der Waals surface area contributed by atoms with Crippen molar-refractivity contribution >= 4 is 15.7 Å². The van der Waals surface area contributed by atoms with Gasteiger partial charge in [0.05, 0.1) is 11.5 Å². The smallest absolute Gasteiger partial charge is 0.247 e. The standard InChI is InChI=1S/C13H21N3O3S/c1-3-12(16-8-4-7-14-16)13(17)15(2)11-5-9-20(18,19)10-6-11/h4,7-8,11-12H,3,5-6,9-10H2,1-2H3/t12-/m0/s1. The molecule has 6 nitrogen and oxygen atoms in total. The summed E-state index contributed by atoms with van der Waals surface area (Å²) in [5, 5.41) is 4.13. The lowest BCUT2D eigenvalue weighted by molar-refractivity contribution is -0.136. The molecule has 0 N–H and O–H groups in total. The fourth-order valence-electron chi connectivity index (χ4n) is 2.62. The lowest BCUT2D eigenvalue weighted by atomic mass is 10.1. The van der Waals surface area contributed by atoms with Gasteiger partial charge in [0.25, 0.3) is 0 Å². The average Bonchev–Trinajstić information content (AvgIpc) is 2.92. The van der Waals surface area contributed by atoms with Gasteiger partial charge in [-0.1, -0.05) is 6.92 Å². The Morgan fingerprint density at radius 1 is 1.45 bits per heavy atom.